The van der Waals surface area contributed by atoms with Crippen LogP contribution in [-0.2, 0) is 16.0 Å². The van der Waals surface area contributed by atoms with Gasteiger partial charge in [-0.1, -0.05) is 18.2 Å². The number of carboxylic acids is 1. The van der Waals surface area contributed by atoms with Crippen molar-refractivity contribution < 1.29 is 41.4 Å². The molecule has 1 aliphatic rings. The van der Waals surface area contributed by atoms with Crippen molar-refractivity contribution in [3.63, 3.8) is 0 Å². The third-order valence-corrected chi connectivity index (χ3v) is 7.50. The van der Waals surface area contributed by atoms with E-state index in [-0.39, 0.29) is 19.6 Å². The van der Waals surface area contributed by atoms with Crippen LogP contribution in [0.2, 0.25) is 0 Å². The Morgan fingerprint density at radius 1 is 1.09 bits per heavy atom. The van der Waals surface area contributed by atoms with Gasteiger partial charge in [0.25, 0.3) is 5.91 Å². The van der Waals surface area contributed by atoms with Crippen LogP contribution in [0.25, 0.3) is 22.2 Å². The van der Waals surface area contributed by atoms with Crippen LogP contribution in [0.3, 0.4) is 0 Å². The molecule has 1 fully saturated rings. The van der Waals surface area contributed by atoms with Crippen LogP contribution in [0, 0.1) is 11.6 Å². The lowest BCUT2D eigenvalue weighted by atomic mass is 9.96. The maximum Gasteiger partial charge on any atom is 0.411 e. The van der Waals surface area contributed by atoms with Gasteiger partial charge in [-0.2, -0.15) is 13.2 Å². The number of morpholine rings is 1. The van der Waals surface area contributed by atoms with Crippen LogP contribution in [0.4, 0.5) is 33.3 Å². The first-order chi connectivity index (χ1) is 21.4. The summed E-state index contributed by atoms with van der Waals surface area (Å²) in [5, 5.41) is 12.7. The minimum absolute atomic E-state index is 0.0950. The van der Waals surface area contributed by atoms with E-state index in [9.17, 15) is 27.9 Å². The summed E-state index contributed by atoms with van der Waals surface area (Å²) in [4.78, 5) is 36.9. The molecule has 5 rings (SSSR count). The molecule has 9 nitrogen and oxygen atoms in total. The molecule has 3 heterocycles. The number of alkyl halides is 3. The number of aromatic nitrogens is 2. The summed E-state index contributed by atoms with van der Waals surface area (Å²) in [7, 11) is 3.73. The van der Waals surface area contributed by atoms with Crippen LogP contribution in [0.5, 0.6) is 0 Å². The van der Waals surface area contributed by atoms with E-state index in [1.807, 2.05) is 25.1 Å². The highest BCUT2D eigenvalue weighted by molar-refractivity contribution is 5.99. The average molecular weight is 630 g/mol. The first kappa shape index (κ1) is 31.6. The Bertz CT molecular complexity index is 1730. The van der Waals surface area contributed by atoms with Crippen LogP contribution in [0.1, 0.15) is 15.9 Å². The number of hydrogen-bond acceptors (Lipinski definition) is 7. The summed E-state index contributed by atoms with van der Waals surface area (Å²) in [5.41, 5.74) is 1.63. The number of ether oxygens (including phenoxy) is 1. The summed E-state index contributed by atoms with van der Waals surface area (Å²) >= 11 is 0. The minimum Gasteiger partial charge on any atom is -0.480 e. The van der Waals surface area contributed by atoms with Crippen molar-refractivity contribution in [1.82, 2.24) is 15.3 Å². The zero-order valence-corrected chi connectivity index (χ0v) is 24.1. The number of carbonyl (C=O) groups excluding carboxylic acids is 1. The summed E-state index contributed by atoms with van der Waals surface area (Å²) < 4.78 is 75.6. The number of nitrogens with zero attached hydrogens (tertiary/aromatic N) is 4. The van der Waals surface area contributed by atoms with Crippen molar-refractivity contribution >= 4 is 34.2 Å². The quantitative estimate of drug-likeness (QED) is 0.267. The Hall–Kier alpha value is -4.85. The number of fused-ring (bicyclic) bond motifs is 1. The third kappa shape index (κ3) is 6.50. The van der Waals surface area contributed by atoms with E-state index in [1.165, 1.54) is 0 Å². The molecule has 0 saturated carbocycles. The lowest BCUT2D eigenvalue weighted by Crippen LogP contribution is -2.53. The van der Waals surface area contributed by atoms with E-state index >= 15 is 8.78 Å². The second kappa shape index (κ2) is 12.6. The van der Waals surface area contributed by atoms with Crippen molar-refractivity contribution in [2.24, 2.45) is 0 Å². The fourth-order valence-electron chi connectivity index (χ4n) is 5.34. The van der Waals surface area contributed by atoms with E-state index in [0.717, 1.165) is 10.6 Å². The van der Waals surface area contributed by atoms with Gasteiger partial charge < -0.3 is 25.0 Å². The molecule has 0 bridgehead atoms. The van der Waals surface area contributed by atoms with Gasteiger partial charge in [0.05, 0.1) is 30.1 Å². The molecular weight excluding hydrogens is 601 g/mol. The normalized spacial score (nSPS) is 16.0. The standard InChI is InChI=1S/C31H28F5N5O4/c1-40(2)24-6-4-10-38-28(24)20-8-7-17(19-5-3-9-37-27(19)20)13-23(30(43)44)39-29(42)26-21(32)14-18(15-22(26)33)41-11-12-45-16-25(41)31(34,35)36/h3-10,14-15,23,25H,11-13,16H2,1-2H3,(H,39,42)(H,43,44)/t23?,25-/m1/s1. The number of pyridine rings is 2. The number of aliphatic carboxylic acids is 1. The highest BCUT2D eigenvalue weighted by Crippen LogP contribution is 2.35. The molecule has 1 amide bonds. The molecule has 0 aliphatic carbocycles. The van der Waals surface area contributed by atoms with E-state index in [4.69, 9.17) is 4.74 Å². The number of amides is 1. The molecule has 45 heavy (non-hydrogen) atoms. The molecule has 1 saturated heterocycles. The van der Waals surface area contributed by atoms with Gasteiger partial charge in [-0.05, 0) is 35.9 Å². The zero-order valence-electron chi connectivity index (χ0n) is 24.1. The Labute approximate surface area is 254 Å². The summed E-state index contributed by atoms with van der Waals surface area (Å²) in [6.45, 7) is -1.10. The van der Waals surface area contributed by atoms with Gasteiger partial charge in [0.2, 0.25) is 0 Å². The van der Waals surface area contributed by atoms with Crippen molar-refractivity contribution in [3.8, 4) is 11.3 Å². The monoisotopic (exact) mass is 629 g/mol. The van der Waals surface area contributed by atoms with Crippen molar-refractivity contribution in [2.75, 3.05) is 43.7 Å². The fraction of sp³-hybridized carbons (Fsp3) is 0.290. The minimum atomic E-state index is -4.73. The van der Waals surface area contributed by atoms with Crippen molar-refractivity contribution in [1.29, 1.82) is 0 Å². The van der Waals surface area contributed by atoms with Gasteiger partial charge in [0.1, 0.15) is 29.3 Å². The fourth-order valence-corrected chi connectivity index (χ4v) is 5.34. The molecule has 2 atom stereocenters. The summed E-state index contributed by atoms with van der Waals surface area (Å²) in [6.07, 6.45) is -1.79. The number of rotatable bonds is 8. The molecule has 1 unspecified atom stereocenters. The van der Waals surface area contributed by atoms with Crippen molar-refractivity contribution in [2.45, 2.75) is 24.7 Å². The number of halogens is 5. The maximum atomic E-state index is 15.1. The zero-order chi connectivity index (χ0) is 32.5. The summed E-state index contributed by atoms with van der Waals surface area (Å²) in [6, 6.07) is 7.98. The Kier molecular flexibility index (Phi) is 8.87. The first-order valence-corrected chi connectivity index (χ1v) is 13.8. The van der Waals surface area contributed by atoms with Gasteiger partial charge in [0, 0.05) is 56.1 Å². The molecular formula is C31H28F5N5O4. The van der Waals surface area contributed by atoms with Crippen LogP contribution < -0.4 is 15.1 Å². The molecule has 1 aliphatic heterocycles. The molecule has 2 aromatic carbocycles. The number of carboxylic acid groups (broad SMARTS) is 1. The number of carbonyl (C=O) groups is 2. The highest BCUT2D eigenvalue weighted by atomic mass is 19.4. The Balaban J connectivity index is 1.43. The SMILES string of the molecule is CN(C)c1cccnc1-c1ccc(CC(NC(=O)c2c(F)cc(N3CCOC[C@@H]3C(F)(F)F)cc2F)C(=O)O)c2cccnc12. The highest BCUT2D eigenvalue weighted by Gasteiger charge is 2.46. The van der Waals surface area contributed by atoms with E-state index < -0.39 is 59.6 Å². The maximum absolute atomic E-state index is 15.1. The van der Waals surface area contributed by atoms with E-state index in [1.54, 1.807) is 42.7 Å². The topological polar surface area (TPSA) is 108 Å². The average Bonchev–Trinajstić information content (AvgIpc) is 3.00. The smallest absolute Gasteiger partial charge is 0.411 e. The first-order valence-electron chi connectivity index (χ1n) is 13.8. The van der Waals surface area contributed by atoms with E-state index in [2.05, 4.69) is 15.3 Å². The number of benzene rings is 2. The predicted octanol–water partition coefficient (Wildman–Crippen LogP) is 4.83. The van der Waals surface area contributed by atoms with E-state index in [0.29, 0.717) is 39.9 Å². The molecule has 2 N–H and O–H groups in total. The second-order valence-corrected chi connectivity index (χ2v) is 10.6. The van der Waals surface area contributed by atoms with Gasteiger partial charge in [-0.15, -0.1) is 0 Å². The molecule has 0 spiro atoms. The van der Waals surface area contributed by atoms with Gasteiger partial charge in [-0.3, -0.25) is 14.8 Å². The van der Waals surface area contributed by atoms with Crippen LogP contribution in [0.15, 0.2) is 60.9 Å². The van der Waals surface area contributed by atoms with Gasteiger partial charge in [0.15, 0.2) is 0 Å². The molecule has 14 heteroatoms. The largest absolute Gasteiger partial charge is 0.480 e. The lowest BCUT2D eigenvalue weighted by molar-refractivity contribution is -0.167. The Morgan fingerprint density at radius 3 is 2.44 bits per heavy atom. The number of nitrogens with one attached hydrogen (secondary N) is 1. The molecule has 4 aromatic rings. The molecule has 2 aromatic heterocycles. The van der Waals surface area contributed by atoms with Gasteiger partial charge >= 0.3 is 12.1 Å². The predicted molar refractivity (Wildman–Crippen MR) is 156 cm³/mol. The second-order valence-electron chi connectivity index (χ2n) is 10.6. The van der Waals surface area contributed by atoms with Crippen LogP contribution >= 0.6 is 0 Å². The third-order valence-electron chi connectivity index (χ3n) is 7.50. The number of anilines is 2. The van der Waals surface area contributed by atoms with Crippen LogP contribution in [-0.4, -0.2) is 79.1 Å². The summed E-state index contributed by atoms with van der Waals surface area (Å²) in [5.74, 6) is -5.72. The van der Waals surface area contributed by atoms with Gasteiger partial charge in [-0.25, -0.2) is 13.6 Å². The van der Waals surface area contributed by atoms with Crippen molar-refractivity contribution in [3.05, 3.63) is 83.7 Å². The molecule has 236 valence electrons. The Morgan fingerprint density at radius 2 is 1.78 bits per heavy atom. The number of hydrogen-bond donors (Lipinski definition) is 2. The lowest BCUT2D eigenvalue weighted by Gasteiger charge is -2.38. The molecule has 0 radical (unpaired) electrons.